The predicted octanol–water partition coefficient (Wildman–Crippen LogP) is 1.87. The Morgan fingerprint density at radius 2 is 2.12 bits per heavy atom. The highest BCUT2D eigenvalue weighted by molar-refractivity contribution is 5.94. The third-order valence-corrected chi connectivity index (χ3v) is 4.92. The van der Waals surface area contributed by atoms with E-state index >= 15 is 0 Å². The molecule has 3 heterocycles. The van der Waals surface area contributed by atoms with Gasteiger partial charge in [-0.2, -0.15) is 0 Å². The van der Waals surface area contributed by atoms with Crippen LogP contribution in [0.5, 0.6) is 0 Å². The van der Waals surface area contributed by atoms with Crippen molar-refractivity contribution < 1.29 is 4.79 Å². The molecule has 0 radical (unpaired) electrons. The Bertz CT molecular complexity index is 890. The number of nitrogens with zero attached hydrogens (tertiary/aromatic N) is 3. The molecule has 1 fully saturated rings. The van der Waals surface area contributed by atoms with E-state index in [1.54, 1.807) is 0 Å². The summed E-state index contributed by atoms with van der Waals surface area (Å²) < 4.78 is 0. The van der Waals surface area contributed by atoms with Crippen LogP contribution in [-0.2, 0) is 6.54 Å². The van der Waals surface area contributed by atoms with Crippen LogP contribution in [0.2, 0.25) is 0 Å². The number of aromatic amines is 1. The van der Waals surface area contributed by atoms with Gasteiger partial charge in [-0.15, -0.1) is 0 Å². The summed E-state index contributed by atoms with van der Waals surface area (Å²) in [5, 5.41) is 2.82. The summed E-state index contributed by atoms with van der Waals surface area (Å²) >= 11 is 0. The van der Waals surface area contributed by atoms with Gasteiger partial charge >= 0.3 is 0 Å². The number of anilines is 1. The standard InChI is InChI=1S/C19H25N5O2/c1-11-5-6-24(9-11)17-14(4)16(21-10-22-17)19(26)20-8-15-12(2)7-13(3)23-18(15)25/h7,10-11H,5-6,8-9H2,1-4H3,(H,20,26)(H,23,25)/t11-/m0/s1. The highest BCUT2D eigenvalue weighted by atomic mass is 16.2. The van der Waals surface area contributed by atoms with Crippen molar-refractivity contribution >= 4 is 11.7 Å². The maximum Gasteiger partial charge on any atom is 0.270 e. The Hall–Kier alpha value is -2.70. The zero-order valence-electron chi connectivity index (χ0n) is 15.7. The predicted molar refractivity (Wildman–Crippen MR) is 100 cm³/mol. The number of rotatable bonds is 4. The minimum atomic E-state index is -0.294. The number of aryl methyl sites for hydroxylation is 2. The van der Waals surface area contributed by atoms with Gasteiger partial charge < -0.3 is 15.2 Å². The lowest BCUT2D eigenvalue weighted by Crippen LogP contribution is -2.30. The molecule has 0 aliphatic carbocycles. The number of H-pyrrole nitrogens is 1. The van der Waals surface area contributed by atoms with E-state index in [0.29, 0.717) is 17.2 Å². The molecule has 1 atom stereocenters. The number of hydrogen-bond acceptors (Lipinski definition) is 5. The van der Waals surface area contributed by atoms with Crippen LogP contribution >= 0.6 is 0 Å². The first-order chi connectivity index (χ1) is 12.4. The fourth-order valence-corrected chi connectivity index (χ4v) is 3.47. The quantitative estimate of drug-likeness (QED) is 0.874. The van der Waals surface area contributed by atoms with Gasteiger partial charge in [0.1, 0.15) is 17.8 Å². The van der Waals surface area contributed by atoms with E-state index in [1.165, 1.54) is 6.33 Å². The number of carbonyl (C=O) groups excluding carboxylic acids is 1. The van der Waals surface area contributed by atoms with Crippen LogP contribution in [0.15, 0.2) is 17.2 Å². The Morgan fingerprint density at radius 3 is 2.77 bits per heavy atom. The van der Waals surface area contributed by atoms with Crippen LogP contribution in [0.25, 0.3) is 0 Å². The van der Waals surface area contributed by atoms with Crippen LogP contribution in [0.4, 0.5) is 5.82 Å². The Kier molecular flexibility index (Phi) is 5.06. The number of hydrogen-bond donors (Lipinski definition) is 2. The summed E-state index contributed by atoms with van der Waals surface area (Å²) in [4.78, 5) is 38.2. The molecule has 26 heavy (non-hydrogen) atoms. The summed E-state index contributed by atoms with van der Waals surface area (Å²) in [5.74, 6) is 1.15. The van der Waals surface area contributed by atoms with E-state index in [1.807, 2.05) is 26.8 Å². The summed E-state index contributed by atoms with van der Waals surface area (Å²) in [6.45, 7) is 9.84. The molecule has 7 heteroatoms. The highest BCUT2D eigenvalue weighted by Crippen LogP contribution is 2.25. The van der Waals surface area contributed by atoms with Gasteiger partial charge in [0.25, 0.3) is 11.5 Å². The lowest BCUT2D eigenvalue weighted by Gasteiger charge is -2.20. The minimum Gasteiger partial charge on any atom is -0.356 e. The molecular formula is C19H25N5O2. The smallest absolute Gasteiger partial charge is 0.270 e. The van der Waals surface area contributed by atoms with Gasteiger partial charge in [0.2, 0.25) is 0 Å². The average Bonchev–Trinajstić information content (AvgIpc) is 3.00. The fourth-order valence-electron chi connectivity index (χ4n) is 3.47. The summed E-state index contributed by atoms with van der Waals surface area (Å²) in [6.07, 6.45) is 2.56. The molecule has 0 spiro atoms. The van der Waals surface area contributed by atoms with E-state index in [0.717, 1.165) is 42.1 Å². The molecule has 1 saturated heterocycles. The van der Waals surface area contributed by atoms with Crippen LogP contribution in [0, 0.1) is 26.7 Å². The average molecular weight is 355 g/mol. The topological polar surface area (TPSA) is 91.0 Å². The van der Waals surface area contributed by atoms with Crippen LogP contribution < -0.4 is 15.8 Å². The van der Waals surface area contributed by atoms with Gasteiger partial charge in [0, 0.05) is 36.5 Å². The normalized spacial score (nSPS) is 16.8. The van der Waals surface area contributed by atoms with Crippen molar-refractivity contribution in [3.8, 4) is 0 Å². The van der Waals surface area contributed by atoms with Crippen LogP contribution in [0.3, 0.4) is 0 Å². The number of carbonyl (C=O) groups is 1. The number of aromatic nitrogens is 3. The van der Waals surface area contributed by atoms with E-state index in [9.17, 15) is 9.59 Å². The first-order valence-corrected chi connectivity index (χ1v) is 8.91. The molecular weight excluding hydrogens is 330 g/mol. The van der Waals surface area contributed by atoms with Gasteiger partial charge in [-0.25, -0.2) is 9.97 Å². The largest absolute Gasteiger partial charge is 0.356 e. The Labute approximate surface area is 152 Å². The summed E-state index contributed by atoms with van der Waals surface area (Å²) in [5.41, 5.74) is 3.18. The molecule has 7 nitrogen and oxygen atoms in total. The highest BCUT2D eigenvalue weighted by Gasteiger charge is 2.24. The number of pyridine rings is 1. The van der Waals surface area contributed by atoms with E-state index < -0.39 is 0 Å². The van der Waals surface area contributed by atoms with Gasteiger partial charge in [-0.05, 0) is 44.7 Å². The molecule has 0 aromatic carbocycles. The first kappa shape index (κ1) is 18.1. The van der Waals surface area contributed by atoms with E-state index in [2.05, 4.69) is 32.1 Å². The van der Waals surface area contributed by atoms with E-state index in [-0.39, 0.29) is 18.0 Å². The molecule has 0 saturated carbocycles. The number of nitrogens with one attached hydrogen (secondary N) is 2. The molecule has 3 rings (SSSR count). The number of amides is 1. The summed E-state index contributed by atoms with van der Waals surface area (Å²) in [6, 6.07) is 1.89. The second-order valence-electron chi connectivity index (χ2n) is 7.14. The lowest BCUT2D eigenvalue weighted by atomic mass is 10.1. The first-order valence-electron chi connectivity index (χ1n) is 8.91. The molecule has 1 aliphatic rings. The molecule has 0 unspecified atom stereocenters. The van der Waals surface area contributed by atoms with Crippen molar-refractivity contribution in [3.63, 3.8) is 0 Å². The zero-order chi connectivity index (χ0) is 18.8. The maximum absolute atomic E-state index is 12.6. The fraction of sp³-hybridized carbons (Fsp3) is 0.474. The molecule has 1 amide bonds. The van der Waals surface area contributed by atoms with Crippen molar-refractivity contribution in [1.29, 1.82) is 0 Å². The van der Waals surface area contributed by atoms with Crippen molar-refractivity contribution in [2.24, 2.45) is 5.92 Å². The van der Waals surface area contributed by atoms with Crippen molar-refractivity contribution in [2.45, 2.75) is 40.7 Å². The third kappa shape index (κ3) is 3.61. The molecule has 2 aromatic rings. The Balaban J connectivity index is 1.78. The zero-order valence-corrected chi connectivity index (χ0v) is 15.7. The molecule has 2 N–H and O–H groups in total. The minimum absolute atomic E-state index is 0.166. The van der Waals surface area contributed by atoms with Crippen molar-refractivity contribution in [3.05, 3.63) is 50.8 Å². The molecule has 0 bridgehead atoms. The van der Waals surface area contributed by atoms with Gasteiger partial charge in [-0.1, -0.05) is 6.92 Å². The second kappa shape index (κ2) is 7.27. The Morgan fingerprint density at radius 1 is 1.35 bits per heavy atom. The summed E-state index contributed by atoms with van der Waals surface area (Å²) in [7, 11) is 0. The maximum atomic E-state index is 12.6. The second-order valence-corrected chi connectivity index (χ2v) is 7.14. The van der Waals surface area contributed by atoms with Crippen LogP contribution in [-0.4, -0.2) is 33.9 Å². The lowest BCUT2D eigenvalue weighted by molar-refractivity contribution is 0.0945. The van der Waals surface area contributed by atoms with Crippen molar-refractivity contribution in [1.82, 2.24) is 20.3 Å². The van der Waals surface area contributed by atoms with Crippen molar-refractivity contribution in [2.75, 3.05) is 18.0 Å². The van der Waals surface area contributed by atoms with Gasteiger partial charge in [0.15, 0.2) is 0 Å². The van der Waals surface area contributed by atoms with Crippen LogP contribution in [0.1, 0.15) is 46.2 Å². The third-order valence-electron chi connectivity index (χ3n) is 4.92. The molecule has 1 aliphatic heterocycles. The molecule has 2 aromatic heterocycles. The van der Waals surface area contributed by atoms with Gasteiger partial charge in [0.05, 0.1) is 0 Å². The van der Waals surface area contributed by atoms with Gasteiger partial charge in [-0.3, -0.25) is 9.59 Å². The van der Waals surface area contributed by atoms with E-state index in [4.69, 9.17) is 0 Å². The molecule has 138 valence electrons. The monoisotopic (exact) mass is 355 g/mol. The SMILES string of the molecule is Cc1cc(C)c(CNC(=O)c2ncnc(N3CC[C@H](C)C3)c2C)c(=O)[nH]1.